The maximum absolute atomic E-state index is 2.45. The average molecular weight is 184 g/mol. The topological polar surface area (TPSA) is 0 Å². The molecular weight excluding hydrogens is 164 g/mol. The molecule has 0 aromatic rings. The van der Waals surface area contributed by atoms with Crippen molar-refractivity contribution in [3.63, 3.8) is 0 Å². The lowest BCUT2D eigenvalue weighted by molar-refractivity contribution is -0.0476. The summed E-state index contributed by atoms with van der Waals surface area (Å²) < 4.78 is 0.625. The normalized spacial score (nSPS) is 35.0. The van der Waals surface area contributed by atoms with E-state index in [2.05, 4.69) is 39.5 Å². The molecule has 0 radical (unpaired) electrons. The van der Waals surface area contributed by atoms with Crippen molar-refractivity contribution in [3.05, 3.63) is 0 Å². The van der Waals surface area contributed by atoms with Crippen LogP contribution in [-0.4, -0.2) is 10.5 Å². The Balaban J connectivity index is 2.30. The largest absolute Gasteiger partial charge is 0.154 e. The van der Waals surface area contributed by atoms with E-state index in [-0.39, 0.29) is 0 Å². The smallest absolute Gasteiger partial charge is 0.0262 e. The summed E-state index contributed by atoms with van der Waals surface area (Å²) in [6, 6.07) is 0. The summed E-state index contributed by atoms with van der Waals surface area (Å²) in [4.78, 5) is 0. The van der Waals surface area contributed by atoms with Gasteiger partial charge < -0.3 is 0 Å². The maximum Gasteiger partial charge on any atom is 0.0262 e. The van der Waals surface area contributed by atoms with Crippen molar-refractivity contribution in [1.29, 1.82) is 0 Å². The monoisotopic (exact) mass is 184 g/mol. The zero-order valence-corrected chi connectivity index (χ0v) is 9.55. The first kappa shape index (κ1) is 8.93. The molecule has 2 rings (SSSR count). The molecule has 0 atom stereocenters. The molecule has 0 unspecified atom stereocenters. The number of thioether (sulfide) groups is 1. The Hall–Kier alpha value is 0.350. The van der Waals surface area contributed by atoms with Crippen molar-refractivity contribution >= 4 is 11.8 Å². The second-order valence-corrected chi connectivity index (χ2v) is 7.12. The van der Waals surface area contributed by atoms with E-state index in [1.807, 2.05) is 0 Å². The minimum absolute atomic E-state index is 0.595. The van der Waals surface area contributed by atoms with Crippen LogP contribution in [-0.2, 0) is 0 Å². The van der Waals surface area contributed by atoms with E-state index >= 15 is 0 Å². The first-order chi connectivity index (χ1) is 5.41. The Morgan fingerprint density at radius 1 is 1.00 bits per heavy atom. The zero-order chi connectivity index (χ0) is 9.04. The SMILES string of the molecule is CC1(C)CC(C)(C)C12CCCS2. The van der Waals surface area contributed by atoms with E-state index in [4.69, 9.17) is 0 Å². The summed E-state index contributed by atoms with van der Waals surface area (Å²) in [5.74, 6) is 1.40. The standard InChI is InChI=1S/C11H20S/c1-9(2)8-10(3,4)11(9)6-5-7-12-11/h5-8H2,1-4H3. The van der Waals surface area contributed by atoms with Gasteiger partial charge >= 0.3 is 0 Å². The predicted octanol–water partition coefficient (Wildman–Crippen LogP) is 3.71. The van der Waals surface area contributed by atoms with Gasteiger partial charge in [0.1, 0.15) is 0 Å². The first-order valence-electron chi connectivity index (χ1n) is 5.05. The van der Waals surface area contributed by atoms with Crippen molar-refractivity contribution in [2.75, 3.05) is 5.75 Å². The van der Waals surface area contributed by atoms with Gasteiger partial charge in [0.2, 0.25) is 0 Å². The Morgan fingerprint density at radius 3 is 1.83 bits per heavy atom. The molecule has 0 amide bonds. The van der Waals surface area contributed by atoms with Gasteiger partial charge in [0.15, 0.2) is 0 Å². The number of hydrogen-bond donors (Lipinski definition) is 0. The lowest BCUT2D eigenvalue weighted by Gasteiger charge is -2.66. The number of hydrogen-bond acceptors (Lipinski definition) is 1. The lowest BCUT2D eigenvalue weighted by Crippen LogP contribution is -2.63. The molecular formula is C11H20S. The van der Waals surface area contributed by atoms with Gasteiger partial charge in [-0.15, -0.1) is 0 Å². The minimum atomic E-state index is 0.595. The van der Waals surface area contributed by atoms with Gasteiger partial charge in [-0.3, -0.25) is 0 Å². The van der Waals surface area contributed by atoms with Crippen LogP contribution in [0.4, 0.5) is 0 Å². The Labute approximate surface area is 80.5 Å². The summed E-state index contributed by atoms with van der Waals surface area (Å²) >= 11 is 2.25. The highest BCUT2D eigenvalue weighted by Gasteiger charge is 2.65. The van der Waals surface area contributed by atoms with Crippen LogP contribution in [0, 0.1) is 10.8 Å². The molecule has 0 aromatic carbocycles. The quantitative estimate of drug-likeness (QED) is 0.553. The highest BCUT2D eigenvalue weighted by atomic mass is 32.2. The fourth-order valence-corrected chi connectivity index (χ4v) is 5.76. The summed E-state index contributed by atoms with van der Waals surface area (Å²) in [5.41, 5.74) is 1.19. The van der Waals surface area contributed by atoms with E-state index in [0.29, 0.717) is 15.6 Å². The van der Waals surface area contributed by atoms with Gasteiger partial charge in [0.05, 0.1) is 0 Å². The second-order valence-electron chi connectivity index (χ2n) is 5.72. The third-order valence-corrected chi connectivity index (χ3v) is 6.39. The molecule has 1 aliphatic heterocycles. The van der Waals surface area contributed by atoms with Crippen molar-refractivity contribution in [2.24, 2.45) is 10.8 Å². The number of rotatable bonds is 0. The van der Waals surface area contributed by atoms with Gasteiger partial charge in [-0.05, 0) is 35.8 Å². The molecule has 0 aromatic heterocycles. The van der Waals surface area contributed by atoms with Crippen LogP contribution in [0.3, 0.4) is 0 Å². The molecule has 1 saturated heterocycles. The second kappa shape index (κ2) is 2.23. The lowest BCUT2D eigenvalue weighted by atomic mass is 9.46. The molecule has 0 nitrogen and oxygen atoms in total. The van der Waals surface area contributed by atoms with Gasteiger partial charge in [-0.25, -0.2) is 0 Å². The van der Waals surface area contributed by atoms with E-state index in [1.165, 1.54) is 25.0 Å². The van der Waals surface area contributed by atoms with Crippen LogP contribution in [0.1, 0.15) is 47.0 Å². The predicted molar refractivity (Wildman–Crippen MR) is 56.6 cm³/mol. The van der Waals surface area contributed by atoms with Crippen LogP contribution in [0.15, 0.2) is 0 Å². The van der Waals surface area contributed by atoms with Crippen molar-refractivity contribution in [1.82, 2.24) is 0 Å². The van der Waals surface area contributed by atoms with Crippen LogP contribution in [0.25, 0.3) is 0 Å². The molecule has 1 heterocycles. The average Bonchev–Trinajstić information content (AvgIpc) is 2.31. The van der Waals surface area contributed by atoms with Gasteiger partial charge in [-0.2, -0.15) is 11.8 Å². The Kier molecular flexibility index (Phi) is 1.66. The Bertz CT molecular complexity index is 181. The van der Waals surface area contributed by atoms with E-state index in [9.17, 15) is 0 Å². The van der Waals surface area contributed by atoms with Crippen molar-refractivity contribution < 1.29 is 0 Å². The van der Waals surface area contributed by atoms with Crippen LogP contribution >= 0.6 is 11.8 Å². The fourth-order valence-electron chi connectivity index (χ4n) is 3.91. The highest BCUT2D eigenvalue weighted by molar-refractivity contribution is 8.01. The maximum atomic E-state index is 2.45. The van der Waals surface area contributed by atoms with E-state index in [0.717, 1.165) is 0 Å². The van der Waals surface area contributed by atoms with Crippen LogP contribution in [0.5, 0.6) is 0 Å². The highest BCUT2D eigenvalue weighted by Crippen LogP contribution is 2.71. The molecule has 0 N–H and O–H groups in total. The summed E-state index contributed by atoms with van der Waals surface area (Å²) in [7, 11) is 0. The molecule has 70 valence electrons. The molecule has 1 saturated carbocycles. The van der Waals surface area contributed by atoms with Crippen molar-refractivity contribution in [2.45, 2.75) is 51.7 Å². The molecule has 12 heavy (non-hydrogen) atoms. The van der Waals surface area contributed by atoms with Gasteiger partial charge in [0, 0.05) is 4.75 Å². The molecule has 1 spiro atoms. The van der Waals surface area contributed by atoms with Crippen molar-refractivity contribution in [3.8, 4) is 0 Å². The zero-order valence-electron chi connectivity index (χ0n) is 8.74. The minimum Gasteiger partial charge on any atom is -0.154 e. The van der Waals surface area contributed by atoms with E-state index in [1.54, 1.807) is 0 Å². The molecule has 1 heteroatoms. The Morgan fingerprint density at radius 2 is 1.58 bits per heavy atom. The first-order valence-corrected chi connectivity index (χ1v) is 6.04. The van der Waals surface area contributed by atoms with Crippen LogP contribution < -0.4 is 0 Å². The van der Waals surface area contributed by atoms with Gasteiger partial charge in [-0.1, -0.05) is 27.7 Å². The van der Waals surface area contributed by atoms with E-state index < -0.39 is 0 Å². The third kappa shape index (κ3) is 0.814. The van der Waals surface area contributed by atoms with Crippen LogP contribution in [0.2, 0.25) is 0 Å². The third-order valence-electron chi connectivity index (χ3n) is 4.09. The summed E-state index contributed by atoms with van der Waals surface area (Å²) in [5, 5.41) is 0. The molecule has 0 bridgehead atoms. The molecule has 2 fully saturated rings. The molecule has 2 aliphatic rings. The summed E-state index contributed by atoms with van der Waals surface area (Å²) in [6.07, 6.45) is 4.31. The summed E-state index contributed by atoms with van der Waals surface area (Å²) in [6.45, 7) is 9.82. The molecule has 1 aliphatic carbocycles. The fraction of sp³-hybridized carbons (Fsp3) is 1.00. The van der Waals surface area contributed by atoms with Gasteiger partial charge in [0.25, 0.3) is 0 Å².